The summed E-state index contributed by atoms with van der Waals surface area (Å²) in [5.41, 5.74) is 8.81. The van der Waals surface area contributed by atoms with Crippen molar-refractivity contribution in [1.82, 2.24) is 15.1 Å². The Hall–Kier alpha value is -1.82. The van der Waals surface area contributed by atoms with Crippen molar-refractivity contribution in [3.05, 3.63) is 45.7 Å². The standard InChI is InChI=1S/C14H17BrN4O/c1-9-12(7-10(15)8-13(9)16)14(20)17-5-3-11-4-6-19(2)18-11/h4,6-8H,3,5,16H2,1-2H3,(H,17,20). The first-order chi connectivity index (χ1) is 9.47. The smallest absolute Gasteiger partial charge is 0.251 e. The van der Waals surface area contributed by atoms with Gasteiger partial charge < -0.3 is 11.1 Å². The van der Waals surface area contributed by atoms with Crippen LogP contribution in [0.25, 0.3) is 0 Å². The quantitative estimate of drug-likeness (QED) is 0.839. The number of nitrogens with two attached hydrogens (primary N) is 1. The summed E-state index contributed by atoms with van der Waals surface area (Å²) in [5, 5.41) is 7.15. The molecule has 2 rings (SSSR count). The van der Waals surface area contributed by atoms with Crippen molar-refractivity contribution < 1.29 is 4.79 Å². The second-order valence-electron chi connectivity index (χ2n) is 4.65. The van der Waals surface area contributed by atoms with Crippen molar-refractivity contribution in [1.29, 1.82) is 0 Å². The van der Waals surface area contributed by atoms with Gasteiger partial charge in [-0.1, -0.05) is 15.9 Å². The van der Waals surface area contributed by atoms with Crippen LogP contribution in [0.4, 0.5) is 5.69 Å². The van der Waals surface area contributed by atoms with Crippen LogP contribution in [-0.4, -0.2) is 22.2 Å². The van der Waals surface area contributed by atoms with Gasteiger partial charge in [-0.15, -0.1) is 0 Å². The van der Waals surface area contributed by atoms with Gasteiger partial charge in [-0.05, 0) is 30.7 Å². The number of hydrogen-bond donors (Lipinski definition) is 2. The SMILES string of the molecule is Cc1c(N)cc(Br)cc1C(=O)NCCc1ccn(C)n1. The van der Waals surface area contributed by atoms with Crippen LogP contribution < -0.4 is 11.1 Å². The maximum atomic E-state index is 12.2. The van der Waals surface area contributed by atoms with Crippen LogP contribution in [0, 0.1) is 6.92 Å². The van der Waals surface area contributed by atoms with Crippen molar-refractivity contribution in [3.63, 3.8) is 0 Å². The maximum Gasteiger partial charge on any atom is 0.251 e. The third-order valence-corrected chi connectivity index (χ3v) is 3.55. The van der Waals surface area contributed by atoms with E-state index in [0.717, 1.165) is 15.7 Å². The van der Waals surface area contributed by atoms with E-state index in [-0.39, 0.29) is 5.91 Å². The van der Waals surface area contributed by atoms with E-state index in [1.54, 1.807) is 16.8 Å². The second kappa shape index (κ2) is 6.09. The summed E-state index contributed by atoms with van der Waals surface area (Å²) in [5.74, 6) is -0.119. The zero-order valence-corrected chi connectivity index (χ0v) is 13.1. The summed E-state index contributed by atoms with van der Waals surface area (Å²) in [6, 6.07) is 5.51. The predicted octanol–water partition coefficient (Wildman–Crippen LogP) is 2.05. The van der Waals surface area contributed by atoms with Gasteiger partial charge in [-0.2, -0.15) is 5.10 Å². The number of rotatable bonds is 4. The molecule has 0 atom stereocenters. The van der Waals surface area contributed by atoms with Gasteiger partial charge in [0.25, 0.3) is 5.91 Å². The lowest BCUT2D eigenvalue weighted by Gasteiger charge is -2.10. The Labute approximate surface area is 126 Å². The van der Waals surface area contributed by atoms with E-state index in [4.69, 9.17) is 5.73 Å². The molecule has 1 aromatic heterocycles. The Morgan fingerprint density at radius 3 is 2.90 bits per heavy atom. The molecule has 6 heteroatoms. The van der Waals surface area contributed by atoms with Crippen LogP contribution >= 0.6 is 15.9 Å². The Kier molecular flexibility index (Phi) is 4.44. The molecule has 3 N–H and O–H groups in total. The number of nitrogens with one attached hydrogen (secondary N) is 1. The third kappa shape index (κ3) is 3.39. The van der Waals surface area contributed by atoms with Gasteiger partial charge in [0.1, 0.15) is 0 Å². The number of carbonyl (C=O) groups excluding carboxylic acids is 1. The normalized spacial score (nSPS) is 10.6. The Morgan fingerprint density at radius 1 is 1.50 bits per heavy atom. The number of halogens is 1. The van der Waals surface area contributed by atoms with E-state index in [0.29, 0.717) is 24.2 Å². The van der Waals surface area contributed by atoms with E-state index in [1.165, 1.54) is 0 Å². The average molecular weight is 337 g/mol. The van der Waals surface area contributed by atoms with Crippen molar-refractivity contribution in [2.24, 2.45) is 7.05 Å². The Morgan fingerprint density at radius 2 is 2.25 bits per heavy atom. The number of anilines is 1. The molecule has 0 saturated heterocycles. The molecule has 106 valence electrons. The molecule has 1 aromatic carbocycles. The van der Waals surface area contributed by atoms with Crippen LogP contribution in [0.2, 0.25) is 0 Å². The third-order valence-electron chi connectivity index (χ3n) is 3.09. The van der Waals surface area contributed by atoms with Gasteiger partial charge in [0.2, 0.25) is 0 Å². The van der Waals surface area contributed by atoms with Gasteiger partial charge in [0.15, 0.2) is 0 Å². The molecule has 2 aromatic rings. The minimum absolute atomic E-state index is 0.119. The lowest BCUT2D eigenvalue weighted by atomic mass is 10.1. The molecule has 0 spiro atoms. The topological polar surface area (TPSA) is 72.9 Å². The van der Waals surface area contributed by atoms with Crippen LogP contribution in [0.3, 0.4) is 0 Å². The highest BCUT2D eigenvalue weighted by atomic mass is 79.9. The number of nitrogens with zero attached hydrogens (tertiary/aromatic N) is 2. The molecule has 5 nitrogen and oxygen atoms in total. The van der Waals surface area contributed by atoms with Gasteiger partial charge in [-0.3, -0.25) is 9.48 Å². The highest BCUT2D eigenvalue weighted by Crippen LogP contribution is 2.22. The molecule has 1 heterocycles. The van der Waals surface area contributed by atoms with Gasteiger partial charge in [0, 0.05) is 41.9 Å². The Bertz CT molecular complexity index is 636. The molecule has 0 radical (unpaired) electrons. The summed E-state index contributed by atoms with van der Waals surface area (Å²) < 4.78 is 2.55. The minimum atomic E-state index is -0.119. The summed E-state index contributed by atoms with van der Waals surface area (Å²) >= 11 is 3.35. The molecule has 0 aliphatic rings. The number of aryl methyl sites for hydroxylation is 1. The fraction of sp³-hybridized carbons (Fsp3) is 0.286. The number of carbonyl (C=O) groups is 1. The van der Waals surface area contributed by atoms with E-state index >= 15 is 0 Å². The van der Waals surface area contributed by atoms with Gasteiger partial charge in [-0.25, -0.2) is 0 Å². The first-order valence-corrected chi connectivity index (χ1v) is 7.09. The van der Waals surface area contributed by atoms with Crippen molar-refractivity contribution in [3.8, 4) is 0 Å². The number of amides is 1. The monoisotopic (exact) mass is 336 g/mol. The fourth-order valence-electron chi connectivity index (χ4n) is 1.93. The van der Waals surface area contributed by atoms with E-state index < -0.39 is 0 Å². The van der Waals surface area contributed by atoms with Gasteiger partial charge >= 0.3 is 0 Å². The zero-order valence-electron chi connectivity index (χ0n) is 11.5. The molecule has 0 saturated carbocycles. The lowest BCUT2D eigenvalue weighted by Crippen LogP contribution is -2.26. The summed E-state index contributed by atoms with van der Waals surface area (Å²) in [7, 11) is 1.87. The average Bonchev–Trinajstić information content (AvgIpc) is 2.79. The van der Waals surface area contributed by atoms with Crippen LogP contribution in [0.1, 0.15) is 21.6 Å². The summed E-state index contributed by atoms with van der Waals surface area (Å²) in [6.07, 6.45) is 2.59. The molecule has 0 bridgehead atoms. The first kappa shape index (κ1) is 14.6. The second-order valence-corrected chi connectivity index (χ2v) is 5.57. The molecule has 0 aliphatic heterocycles. The Balaban J connectivity index is 1.98. The largest absolute Gasteiger partial charge is 0.398 e. The molecule has 1 amide bonds. The van der Waals surface area contributed by atoms with Crippen LogP contribution in [0.15, 0.2) is 28.9 Å². The molecular weight excluding hydrogens is 320 g/mol. The minimum Gasteiger partial charge on any atom is -0.398 e. The zero-order chi connectivity index (χ0) is 14.7. The maximum absolute atomic E-state index is 12.2. The van der Waals surface area contributed by atoms with Crippen LogP contribution in [-0.2, 0) is 13.5 Å². The number of hydrogen-bond acceptors (Lipinski definition) is 3. The summed E-state index contributed by atoms with van der Waals surface area (Å²) in [6.45, 7) is 2.39. The molecular formula is C14H17BrN4O. The van der Waals surface area contributed by atoms with Crippen molar-refractivity contribution in [2.75, 3.05) is 12.3 Å². The first-order valence-electron chi connectivity index (χ1n) is 6.29. The fourth-order valence-corrected chi connectivity index (χ4v) is 2.41. The molecule has 0 aliphatic carbocycles. The summed E-state index contributed by atoms with van der Waals surface area (Å²) in [4.78, 5) is 12.2. The number of nitrogen functional groups attached to an aromatic ring is 1. The lowest BCUT2D eigenvalue weighted by molar-refractivity contribution is 0.0953. The number of aromatic nitrogens is 2. The van der Waals surface area contributed by atoms with E-state index in [1.807, 2.05) is 26.2 Å². The molecule has 0 unspecified atom stereocenters. The number of benzene rings is 1. The predicted molar refractivity (Wildman–Crippen MR) is 82.5 cm³/mol. The van der Waals surface area contributed by atoms with Gasteiger partial charge in [0.05, 0.1) is 5.69 Å². The highest BCUT2D eigenvalue weighted by molar-refractivity contribution is 9.10. The van der Waals surface area contributed by atoms with Crippen molar-refractivity contribution >= 4 is 27.5 Å². The highest BCUT2D eigenvalue weighted by Gasteiger charge is 2.12. The molecule has 0 fully saturated rings. The van der Waals surface area contributed by atoms with E-state index in [2.05, 4.69) is 26.3 Å². The molecule has 20 heavy (non-hydrogen) atoms. The van der Waals surface area contributed by atoms with Crippen LogP contribution in [0.5, 0.6) is 0 Å². The van der Waals surface area contributed by atoms with E-state index in [9.17, 15) is 4.79 Å². The van der Waals surface area contributed by atoms with Crippen molar-refractivity contribution in [2.45, 2.75) is 13.3 Å².